The predicted octanol–water partition coefficient (Wildman–Crippen LogP) is 2.68. The van der Waals surface area contributed by atoms with Crippen LogP contribution in [0.3, 0.4) is 0 Å². The van der Waals surface area contributed by atoms with Crippen molar-refractivity contribution in [1.29, 1.82) is 5.26 Å². The van der Waals surface area contributed by atoms with Gasteiger partial charge < -0.3 is 9.64 Å². The van der Waals surface area contributed by atoms with Gasteiger partial charge in [0.15, 0.2) is 0 Å². The summed E-state index contributed by atoms with van der Waals surface area (Å²) < 4.78 is 5.78. The van der Waals surface area contributed by atoms with Gasteiger partial charge in [0.25, 0.3) is 0 Å². The van der Waals surface area contributed by atoms with E-state index in [1.807, 2.05) is 23.6 Å². The SMILES string of the molecule is CN1CCOC(c2nc(-c3cccc(C#N)c3)cs2)C1. The summed E-state index contributed by atoms with van der Waals surface area (Å²) in [6.07, 6.45) is 0.0617. The van der Waals surface area contributed by atoms with Crippen molar-refractivity contribution in [1.82, 2.24) is 9.88 Å². The van der Waals surface area contributed by atoms with Crippen LogP contribution in [0.15, 0.2) is 29.6 Å². The second-order valence-corrected chi connectivity index (χ2v) is 5.77. The molecule has 0 saturated carbocycles. The van der Waals surface area contributed by atoms with Gasteiger partial charge in [-0.25, -0.2) is 4.98 Å². The summed E-state index contributed by atoms with van der Waals surface area (Å²) in [7, 11) is 2.10. The van der Waals surface area contributed by atoms with Gasteiger partial charge in [-0.1, -0.05) is 12.1 Å². The van der Waals surface area contributed by atoms with Crippen LogP contribution in [-0.4, -0.2) is 36.6 Å². The van der Waals surface area contributed by atoms with E-state index in [2.05, 4.69) is 23.0 Å². The highest BCUT2D eigenvalue weighted by atomic mass is 32.1. The molecule has 1 unspecified atom stereocenters. The Hall–Kier alpha value is -1.74. The van der Waals surface area contributed by atoms with Gasteiger partial charge in [0.1, 0.15) is 11.1 Å². The average Bonchev–Trinajstić information content (AvgIpc) is 2.97. The first-order valence-electron chi connectivity index (χ1n) is 6.52. The Kier molecular flexibility index (Phi) is 3.79. The van der Waals surface area contributed by atoms with Crippen LogP contribution in [0.25, 0.3) is 11.3 Å². The first-order valence-corrected chi connectivity index (χ1v) is 7.40. The molecular weight excluding hydrogens is 270 g/mol. The van der Waals surface area contributed by atoms with Gasteiger partial charge >= 0.3 is 0 Å². The molecule has 1 aromatic carbocycles. The summed E-state index contributed by atoms with van der Waals surface area (Å²) in [6, 6.07) is 9.69. The van der Waals surface area contributed by atoms with Crippen LogP contribution in [0, 0.1) is 11.3 Å². The molecule has 0 radical (unpaired) electrons. The molecule has 1 fully saturated rings. The molecule has 5 heteroatoms. The fourth-order valence-corrected chi connectivity index (χ4v) is 3.11. The van der Waals surface area contributed by atoms with Gasteiger partial charge in [0.2, 0.25) is 0 Å². The molecule has 0 aliphatic carbocycles. The number of thiazole rings is 1. The van der Waals surface area contributed by atoms with E-state index >= 15 is 0 Å². The second-order valence-electron chi connectivity index (χ2n) is 4.89. The Morgan fingerprint density at radius 1 is 1.50 bits per heavy atom. The maximum absolute atomic E-state index is 8.95. The first kappa shape index (κ1) is 13.3. The van der Waals surface area contributed by atoms with Gasteiger partial charge in [-0.3, -0.25) is 0 Å². The summed E-state index contributed by atoms with van der Waals surface area (Å²) >= 11 is 1.62. The third-order valence-corrected chi connectivity index (χ3v) is 4.29. The zero-order chi connectivity index (χ0) is 13.9. The van der Waals surface area contributed by atoms with Crippen molar-refractivity contribution in [3.63, 3.8) is 0 Å². The zero-order valence-corrected chi connectivity index (χ0v) is 12.1. The van der Waals surface area contributed by atoms with Crippen molar-refractivity contribution in [2.75, 3.05) is 26.7 Å². The van der Waals surface area contributed by atoms with E-state index in [-0.39, 0.29) is 6.10 Å². The molecule has 1 aliphatic rings. The number of morpholine rings is 1. The largest absolute Gasteiger partial charge is 0.368 e. The van der Waals surface area contributed by atoms with Crippen LogP contribution < -0.4 is 0 Å². The predicted molar refractivity (Wildman–Crippen MR) is 78.5 cm³/mol. The molecule has 20 heavy (non-hydrogen) atoms. The molecule has 0 N–H and O–H groups in total. The van der Waals surface area contributed by atoms with Crippen LogP contribution in [0.2, 0.25) is 0 Å². The standard InChI is InChI=1S/C15H15N3OS/c1-18-5-6-19-14(9-18)15-17-13(10-20-15)12-4-2-3-11(7-12)8-16/h2-4,7,10,14H,5-6,9H2,1H3. The summed E-state index contributed by atoms with van der Waals surface area (Å²) in [5.74, 6) is 0. The molecule has 1 aromatic heterocycles. The average molecular weight is 285 g/mol. The first-order chi connectivity index (χ1) is 9.76. The maximum Gasteiger partial charge on any atom is 0.124 e. The summed E-state index contributed by atoms with van der Waals surface area (Å²) in [5, 5.41) is 12.0. The lowest BCUT2D eigenvalue weighted by atomic mass is 10.1. The molecule has 3 rings (SSSR count). The molecular formula is C15H15N3OS. The normalized spacial score (nSPS) is 19.7. The molecule has 1 saturated heterocycles. The molecule has 2 heterocycles. The molecule has 0 amide bonds. The van der Waals surface area contributed by atoms with Gasteiger partial charge in [-0.2, -0.15) is 5.26 Å². The fraction of sp³-hybridized carbons (Fsp3) is 0.333. The van der Waals surface area contributed by atoms with Crippen LogP contribution in [0.5, 0.6) is 0 Å². The lowest BCUT2D eigenvalue weighted by Gasteiger charge is -2.28. The molecule has 0 spiro atoms. The number of benzene rings is 1. The Bertz CT molecular complexity index is 647. The van der Waals surface area contributed by atoms with E-state index in [0.717, 1.165) is 36.0 Å². The fourth-order valence-electron chi connectivity index (χ4n) is 2.24. The van der Waals surface area contributed by atoms with Crippen molar-refractivity contribution in [2.45, 2.75) is 6.10 Å². The monoisotopic (exact) mass is 285 g/mol. The smallest absolute Gasteiger partial charge is 0.124 e. The van der Waals surface area contributed by atoms with E-state index < -0.39 is 0 Å². The zero-order valence-electron chi connectivity index (χ0n) is 11.2. The van der Waals surface area contributed by atoms with Crippen LogP contribution >= 0.6 is 11.3 Å². The van der Waals surface area contributed by atoms with Crippen LogP contribution in [-0.2, 0) is 4.74 Å². The van der Waals surface area contributed by atoms with Crippen molar-refractivity contribution in [2.24, 2.45) is 0 Å². The van der Waals surface area contributed by atoms with E-state index in [0.29, 0.717) is 5.56 Å². The summed E-state index contributed by atoms with van der Waals surface area (Å²) in [5.41, 5.74) is 2.56. The summed E-state index contributed by atoms with van der Waals surface area (Å²) in [6.45, 7) is 2.60. The maximum atomic E-state index is 8.95. The number of likely N-dealkylation sites (N-methyl/N-ethyl adjacent to an activating group) is 1. The van der Waals surface area contributed by atoms with Crippen LogP contribution in [0.4, 0.5) is 0 Å². The Morgan fingerprint density at radius 2 is 2.40 bits per heavy atom. The molecule has 1 aliphatic heterocycles. The van der Waals surface area contributed by atoms with Crippen molar-refractivity contribution < 1.29 is 4.74 Å². The van der Waals surface area contributed by atoms with Crippen molar-refractivity contribution in [3.05, 3.63) is 40.2 Å². The van der Waals surface area contributed by atoms with E-state index in [1.54, 1.807) is 17.4 Å². The number of rotatable bonds is 2. The number of aromatic nitrogens is 1. The third kappa shape index (κ3) is 2.73. The Labute approximate surface area is 122 Å². The lowest BCUT2D eigenvalue weighted by molar-refractivity contribution is -0.0209. The van der Waals surface area contributed by atoms with Gasteiger partial charge in [0, 0.05) is 24.0 Å². The van der Waals surface area contributed by atoms with Gasteiger partial charge in [-0.05, 0) is 19.2 Å². The number of nitriles is 1. The minimum Gasteiger partial charge on any atom is -0.368 e. The second kappa shape index (κ2) is 5.71. The highest BCUT2D eigenvalue weighted by molar-refractivity contribution is 7.10. The minimum atomic E-state index is 0.0617. The molecule has 0 bridgehead atoms. The lowest BCUT2D eigenvalue weighted by Crippen LogP contribution is -2.35. The van der Waals surface area contributed by atoms with Gasteiger partial charge in [-0.15, -0.1) is 11.3 Å². The molecule has 2 aromatic rings. The number of hydrogen-bond acceptors (Lipinski definition) is 5. The quantitative estimate of drug-likeness (QED) is 0.851. The Morgan fingerprint density at radius 3 is 3.20 bits per heavy atom. The summed E-state index contributed by atoms with van der Waals surface area (Å²) in [4.78, 5) is 6.93. The number of hydrogen-bond donors (Lipinski definition) is 0. The van der Waals surface area contributed by atoms with Gasteiger partial charge in [0.05, 0.1) is 23.9 Å². The third-order valence-electron chi connectivity index (χ3n) is 3.35. The highest BCUT2D eigenvalue weighted by Gasteiger charge is 2.22. The van der Waals surface area contributed by atoms with Crippen molar-refractivity contribution in [3.8, 4) is 17.3 Å². The topological polar surface area (TPSA) is 49.1 Å². The molecule has 4 nitrogen and oxygen atoms in total. The molecule has 102 valence electrons. The van der Waals surface area contributed by atoms with Crippen molar-refractivity contribution >= 4 is 11.3 Å². The van der Waals surface area contributed by atoms with E-state index in [1.165, 1.54) is 0 Å². The van der Waals surface area contributed by atoms with E-state index in [9.17, 15) is 0 Å². The minimum absolute atomic E-state index is 0.0617. The Balaban J connectivity index is 1.84. The highest BCUT2D eigenvalue weighted by Crippen LogP contribution is 2.29. The van der Waals surface area contributed by atoms with E-state index in [4.69, 9.17) is 10.00 Å². The van der Waals surface area contributed by atoms with Crippen LogP contribution in [0.1, 0.15) is 16.7 Å². The molecule has 1 atom stereocenters. The number of nitrogens with zero attached hydrogens (tertiary/aromatic N) is 3. The number of ether oxygens (including phenoxy) is 1.